The van der Waals surface area contributed by atoms with Crippen molar-refractivity contribution in [2.45, 2.75) is 45.1 Å². The van der Waals surface area contributed by atoms with Gasteiger partial charge >= 0.3 is 0 Å². The van der Waals surface area contributed by atoms with E-state index in [0.717, 1.165) is 59.8 Å². The number of carbonyl (C=O) groups is 1. The van der Waals surface area contributed by atoms with E-state index in [2.05, 4.69) is 30.0 Å². The van der Waals surface area contributed by atoms with Crippen molar-refractivity contribution in [1.29, 1.82) is 0 Å². The molecule has 2 aromatic carbocycles. The maximum absolute atomic E-state index is 13.0. The topological polar surface area (TPSA) is 62.3 Å². The van der Waals surface area contributed by atoms with Gasteiger partial charge in [-0.3, -0.25) is 4.79 Å². The van der Waals surface area contributed by atoms with E-state index in [1.807, 2.05) is 33.0 Å². The number of nitrogens with zero attached hydrogens (tertiary/aromatic N) is 3. The van der Waals surface area contributed by atoms with Crippen LogP contribution >= 0.6 is 0 Å². The van der Waals surface area contributed by atoms with Gasteiger partial charge in [-0.1, -0.05) is 25.1 Å². The summed E-state index contributed by atoms with van der Waals surface area (Å²) in [6.07, 6.45) is 2.14. The SMILES string of the molecule is CCN1CCc2ccc(CN(C)C(=O)COCCN(C)S(=O)c3c(C)cc(OC)cc3C)cc2CC1. The summed E-state index contributed by atoms with van der Waals surface area (Å²) in [4.78, 5) is 17.6. The Hall–Kier alpha value is -2.26. The third-order valence-electron chi connectivity index (χ3n) is 6.86. The fraction of sp³-hybridized carbons (Fsp3) is 0.536. The molecule has 1 atom stereocenters. The predicted molar refractivity (Wildman–Crippen MR) is 145 cm³/mol. The molecule has 1 aliphatic heterocycles. The molecule has 8 heteroatoms. The summed E-state index contributed by atoms with van der Waals surface area (Å²) in [7, 11) is 3.92. The molecular formula is C28H41N3O4S. The summed E-state index contributed by atoms with van der Waals surface area (Å²) < 4.78 is 25.7. The van der Waals surface area contributed by atoms with Crippen LogP contribution in [0.2, 0.25) is 0 Å². The second-order valence-corrected chi connectivity index (χ2v) is 11.1. The van der Waals surface area contributed by atoms with E-state index < -0.39 is 11.0 Å². The number of aryl methyl sites for hydroxylation is 2. The molecule has 0 saturated carbocycles. The molecule has 3 rings (SSSR count). The number of amides is 1. The summed E-state index contributed by atoms with van der Waals surface area (Å²) in [6, 6.07) is 10.4. The number of rotatable bonds is 11. The molecule has 0 fully saturated rings. The summed E-state index contributed by atoms with van der Waals surface area (Å²) >= 11 is 0. The Morgan fingerprint density at radius 2 is 1.72 bits per heavy atom. The van der Waals surface area contributed by atoms with Gasteiger partial charge in [-0.2, -0.15) is 0 Å². The zero-order valence-corrected chi connectivity index (χ0v) is 23.5. The third-order valence-corrected chi connectivity index (χ3v) is 8.60. The van der Waals surface area contributed by atoms with Crippen LogP contribution < -0.4 is 4.74 Å². The van der Waals surface area contributed by atoms with Gasteiger partial charge in [-0.25, -0.2) is 8.51 Å². The maximum atomic E-state index is 13.0. The summed E-state index contributed by atoms with van der Waals surface area (Å²) in [5.74, 6) is 0.695. The number of fused-ring (bicyclic) bond motifs is 1. The molecule has 0 aromatic heterocycles. The summed E-state index contributed by atoms with van der Waals surface area (Å²) in [5, 5.41) is 0. The smallest absolute Gasteiger partial charge is 0.248 e. The van der Waals surface area contributed by atoms with E-state index in [9.17, 15) is 9.00 Å². The van der Waals surface area contributed by atoms with Crippen molar-refractivity contribution in [3.63, 3.8) is 0 Å². The zero-order valence-electron chi connectivity index (χ0n) is 22.6. The molecule has 7 nitrogen and oxygen atoms in total. The van der Waals surface area contributed by atoms with Gasteiger partial charge in [0.25, 0.3) is 0 Å². The monoisotopic (exact) mass is 515 g/mol. The second-order valence-electron chi connectivity index (χ2n) is 9.53. The van der Waals surface area contributed by atoms with Crippen LogP contribution in [0.1, 0.15) is 34.7 Å². The lowest BCUT2D eigenvalue weighted by Crippen LogP contribution is -2.32. The lowest BCUT2D eigenvalue weighted by Gasteiger charge is -2.20. The average molecular weight is 516 g/mol. The first kappa shape index (κ1) is 28.3. The van der Waals surface area contributed by atoms with Crippen LogP contribution in [0.5, 0.6) is 5.75 Å². The number of methoxy groups -OCH3 is 1. The molecule has 0 N–H and O–H groups in total. The van der Waals surface area contributed by atoms with Crippen LogP contribution in [0, 0.1) is 13.8 Å². The van der Waals surface area contributed by atoms with Gasteiger partial charge in [-0.05, 0) is 73.2 Å². The molecule has 0 saturated heterocycles. The highest BCUT2D eigenvalue weighted by molar-refractivity contribution is 7.82. The summed E-state index contributed by atoms with van der Waals surface area (Å²) in [6.45, 7) is 10.7. The van der Waals surface area contributed by atoms with Crippen LogP contribution in [0.4, 0.5) is 0 Å². The number of hydrogen-bond acceptors (Lipinski definition) is 5. The van der Waals surface area contributed by atoms with Crippen molar-refractivity contribution < 1.29 is 18.5 Å². The minimum Gasteiger partial charge on any atom is -0.497 e. The highest BCUT2D eigenvalue weighted by Gasteiger charge is 2.18. The predicted octanol–water partition coefficient (Wildman–Crippen LogP) is 3.36. The van der Waals surface area contributed by atoms with Crippen LogP contribution in [-0.4, -0.2) is 84.8 Å². The van der Waals surface area contributed by atoms with Gasteiger partial charge in [0.05, 0.1) is 18.6 Å². The normalized spacial score (nSPS) is 14.9. The van der Waals surface area contributed by atoms with E-state index in [1.165, 1.54) is 11.1 Å². The highest BCUT2D eigenvalue weighted by atomic mass is 32.2. The Kier molecular flexibility index (Phi) is 10.5. The lowest BCUT2D eigenvalue weighted by atomic mass is 10.00. The molecule has 1 heterocycles. The molecule has 0 radical (unpaired) electrons. The molecular weight excluding hydrogens is 474 g/mol. The Bertz CT molecular complexity index is 1050. The Labute approximate surface area is 218 Å². The van der Waals surface area contributed by atoms with E-state index in [1.54, 1.807) is 23.4 Å². The van der Waals surface area contributed by atoms with Crippen molar-refractivity contribution in [2.75, 3.05) is 60.6 Å². The minimum atomic E-state index is -1.32. The highest BCUT2D eigenvalue weighted by Crippen LogP contribution is 2.25. The summed E-state index contributed by atoms with van der Waals surface area (Å²) in [5.41, 5.74) is 5.83. The average Bonchev–Trinajstić information content (AvgIpc) is 3.07. The number of likely N-dealkylation sites (N-methyl/N-ethyl adjacent to an activating group) is 3. The molecule has 0 aliphatic carbocycles. The van der Waals surface area contributed by atoms with Gasteiger partial charge in [0.1, 0.15) is 23.3 Å². The first-order valence-electron chi connectivity index (χ1n) is 12.7. The van der Waals surface area contributed by atoms with E-state index in [-0.39, 0.29) is 12.5 Å². The quantitative estimate of drug-likeness (QED) is 0.430. The van der Waals surface area contributed by atoms with Gasteiger partial charge < -0.3 is 19.3 Å². The fourth-order valence-corrected chi connectivity index (χ4v) is 5.83. The van der Waals surface area contributed by atoms with Gasteiger partial charge in [0.2, 0.25) is 5.91 Å². The Morgan fingerprint density at radius 3 is 2.36 bits per heavy atom. The van der Waals surface area contributed by atoms with Crippen LogP contribution in [0.25, 0.3) is 0 Å². The van der Waals surface area contributed by atoms with Crippen molar-refractivity contribution in [1.82, 2.24) is 14.1 Å². The van der Waals surface area contributed by atoms with Crippen molar-refractivity contribution in [3.05, 3.63) is 58.1 Å². The van der Waals surface area contributed by atoms with Crippen molar-refractivity contribution in [2.24, 2.45) is 0 Å². The second kappa shape index (κ2) is 13.3. The molecule has 1 aliphatic rings. The van der Waals surface area contributed by atoms with Crippen LogP contribution in [0.15, 0.2) is 35.2 Å². The first-order chi connectivity index (χ1) is 17.2. The number of benzene rings is 2. The molecule has 0 bridgehead atoms. The fourth-order valence-electron chi connectivity index (χ4n) is 4.61. The largest absolute Gasteiger partial charge is 0.497 e. The molecule has 198 valence electrons. The molecule has 1 unspecified atom stereocenters. The molecule has 1 amide bonds. The minimum absolute atomic E-state index is 0.00790. The molecule has 2 aromatic rings. The van der Waals surface area contributed by atoms with Gasteiger partial charge in [0, 0.05) is 40.3 Å². The van der Waals surface area contributed by atoms with E-state index >= 15 is 0 Å². The third kappa shape index (κ3) is 7.38. The number of ether oxygens (including phenoxy) is 2. The van der Waals surface area contributed by atoms with E-state index in [0.29, 0.717) is 19.7 Å². The molecule has 36 heavy (non-hydrogen) atoms. The molecule has 0 spiro atoms. The lowest BCUT2D eigenvalue weighted by molar-refractivity contribution is -0.135. The van der Waals surface area contributed by atoms with Crippen molar-refractivity contribution >= 4 is 16.9 Å². The number of hydrogen-bond donors (Lipinski definition) is 0. The van der Waals surface area contributed by atoms with Gasteiger partial charge in [0.15, 0.2) is 0 Å². The van der Waals surface area contributed by atoms with Crippen LogP contribution in [0.3, 0.4) is 0 Å². The first-order valence-corrected chi connectivity index (χ1v) is 13.8. The Balaban J connectivity index is 1.45. The Morgan fingerprint density at radius 1 is 1.06 bits per heavy atom. The van der Waals surface area contributed by atoms with Crippen LogP contribution in [-0.2, 0) is 39.9 Å². The zero-order chi connectivity index (χ0) is 26.2. The maximum Gasteiger partial charge on any atom is 0.248 e. The van der Waals surface area contributed by atoms with E-state index in [4.69, 9.17) is 9.47 Å². The van der Waals surface area contributed by atoms with Gasteiger partial charge in [-0.15, -0.1) is 0 Å². The number of carbonyl (C=O) groups excluding carboxylic acids is 1. The standard InChI is InChI=1S/C28H41N3O4S/c1-7-31-12-10-24-9-8-23(18-25(24)11-13-31)19-29(4)27(32)20-35-15-14-30(5)36(33)28-21(2)16-26(34-6)17-22(28)3/h8-9,16-18H,7,10-15,19-20H2,1-6H3. The van der Waals surface area contributed by atoms with Crippen molar-refractivity contribution in [3.8, 4) is 5.75 Å².